The number of nitrogens with zero attached hydrogens (tertiary/aromatic N) is 1. The van der Waals surface area contributed by atoms with Crippen molar-refractivity contribution in [3.63, 3.8) is 0 Å². The minimum Gasteiger partial charge on any atom is -0.465 e. The quantitative estimate of drug-likeness (QED) is 0.326. The molecule has 0 aromatic carbocycles. The summed E-state index contributed by atoms with van der Waals surface area (Å²) in [6.07, 6.45) is 0. The Bertz CT molecular complexity index is 217. The Kier molecular flexibility index (Phi) is 2.82. The molecule has 0 aliphatic carbocycles. The molecule has 3 heteroatoms. The summed E-state index contributed by atoms with van der Waals surface area (Å²) in [4.78, 5) is 13.7. The molecule has 0 saturated heterocycles. The summed E-state index contributed by atoms with van der Waals surface area (Å²) < 4.78 is 4.84. The van der Waals surface area contributed by atoms with Crippen LogP contribution in [-0.2, 0) is 9.53 Å². The van der Waals surface area contributed by atoms with Crippen LogP contribution in [0.4, 0.5) is 0 Å². The fourth-order valence-corrected chi connectivity index (χ4v) is 0.383. The molecule has 0 spiro atoms. The van der Waals surface area contributed by atoms with Gasteiger partial charge in [0.05, 0.1) is 6.57 Å². The average molecular weight is 153 g/mol. The van der Waals surface area contributed by atoms with E-state index in [1.54, 1.807) is 20.8 Å². The van der Waals surface area contributed by atoms with Crippen molar-refractivity contribution in [1.82, 2.24) is 0 Å². The first-order valence-corrected chi connectivity index (χ1v) is 3.16. The third-order valence-corrected chi connectivity index (χ3v) is 0.769. The van der Waals surface area contributed by atoms with Gasteiger partial charge < -0.3 is 4.74 Å². The molecule has 3 nitrogen and oxygen atoms in total. The second kappa shape index (κ2) is 3.20. The molecule has 0 aromatic rings. The highest BCUT2D eigenvalue weighted by Crippen LogP contribution is 2.10. The van der Waals surface area contributed by atoms with E-state index in [4.69, 9.17) is 11.3 Å². The normalized spacial score (nSPS) is 10.0. The first kappa shape index (κ1) is 9.70. The van der Waals surface area contributed by atoms with Crippen molar-refractivity contribution in [3.8, 4) is 0 Å². The Hall–Kier alpha value is -1.30. The van der Waals surface area contributed by atoms with Crippen LogP contribution >= 0.6 is 0 Å². The summed E-state index contributed by atoms with van der Waals surface area (Å²) in [7, 11) is 0. The Morgan fingerprint density at radius 1 is 1.55 bits per heavy atom. The summed E-state index contributed by atoms with van der Waals surface area (Å²) in [5.41, 5.74) is -0.732. The van der Waals surface area contributed by atoms with Gasteiger partial charge in [-0.3, -0.25) is 4.79 Å². The Labute approximate surface area is 66.5 Å². The molecule has 0 aliphatic rings. The smallest absolute Gasteiger partial charge is 0.336 e. The summed E-state index contributed by atoms with van der Waals surface area (Å²) in [5, 5.41) is 0. The van der Waals surface area contributed by atoms with Crippen LogP contribution in [0.15, 0.2) is 12.3 Å². The maximum Gasteiger partial charge on any atom is 0.336 e. The SMILES string of the molecule is [C-]#[N+]C(=C)C(=O)OC(C)(C)C. The number of carbonyl (C=O) groups is 1. The highest BCUT2D eigenvalue weighted by atomic mass is 16.6. The van der Waals surface area contributed by atoms with Gasteiger partial charge in [0.1, 0.15) is 5.60 Å². The van der Waals surface area contributed by atoms with Crippen LogP contribution in [0, 0.1) is 6.57 Å². The number of hydrogen-bond donors (Lipinski definition) is 0. The monoisotopic (exact) mass is 153 g/mol. The molecule has 0 aliphatic heterocycles. The van der Waals surface area contributed by atoms with Crippen molar-refractivity contribution in [2.75, 3.05) is 0 Å². The number of hydrogen-bond acceptors (Lipinski definition) is 2. The van der Waals surface area contributed by atoms with Gasteiger partial charge in [0, 0.05) is 0 Å². The van der Waals surface area contributed by atoms with Crippen LogP contribution in [0.25, 0.3) is 4.85 Å². The van der Waals surface area contributed by atoms with E-state index in [-0.39, 0.29) is 5.70 Å². The number of ether oxygens (including phenoxy) is 1. The van der Waals surface area contributed by atoms with E-state index in [2.05, 4.69) is 11.4 Å². The van der Waals surface area contributed by atoms with E-state index < -0.39 is 11.6 Å². The average Bonchev–Trinajstić information content (AvgIpc) is 1.82. The van der Waals surface area contributed by atoms with Gasteiger partial charge in [0.15, 0.2) is 0 Å². The lowest BCUT2D eigenvalue weighted by molar-refractivity contribution is -0.149. The van der Waals surface area contributed by atoms with Gasteiger partial charge in [-0.15, -0.1) is 0 Å². The summed E-state index contributed by atoms with van der Waals surface area (Å²) in [6, 6.07) is 0. The van der Waals surface area contributed by atoms with Crippen LogP contribution in [-0.4, -0.2) is 11.6 Å². The van der Waals surface area contributed by atoms with Crippen LogP contribution < -0.4 is 0 Å². The molecule has 0 rings (SSSR count). The van der Waals surface area contributed by atoms with Crippen molar-refractivity contribution in [3.05, 3.63) is 23.7 Å². The molecular weight excluding hydrogens is 142 g/mol. The molecule has 0 amide bonds. The lowest BCUT2D eigenvalue weighted by Gasteiger charge is -2.18. The first-order chi connectivity index (χ1) is 4.87. The van der Waals surface area contributed by atoms with Crippen molar-refractivity contribution in [2.24, 2.45) is 0 Å². The molecule has 0 aromatic heterocycles. The molecule has 0 atom stereocenters. The minimum atomic E-state index is -0.646. The molecule has 60 valence electrons. The van der Waals surface area contributed by atoms with Crippen molar-refractivity contribution < 1.29 is 9.53 Å². The van der Waals surface area contributed by atoms with E-state index in [0.717, 1.165) is 0 Å². The standard InChI is InChI=1S/C8H11NO2/c1-6(9-5)7(10)11-8(2,3)4/h1H2,2-4H3. The van der Waals surface area contributed by atoms with Crippen LogP contribution in [0.1, 0.15) is 20.8 Å². The van der Waals surface area contributed by atoms with Gasteiger partial charge in [-0.05, 0) is 20.8 Å². The Balaban J connectivity index is 4.13. The van der Waals surface area contributed by atoms with Crippen LogP contribution in [0.3, 0.4) is 0 Å². The van der Waals surface area contributed by atoms with Gasteiger partial charge in [-0.1, -0.05) is 6.58 Å². The third kappa shape index (κ3) is 4.15. The van der Waals surface area contributed by atoms with Crippen LogP contribution in [0.2, 0.25) is 0 Å². The van der Waals surface area contributed by atoms with Gasteiger partial charge in [-0.25, -0.2) is 4.85 Å². The van der Waals surface area contributed by atoms with Gasteiger partial charge in [-0.2, -0.15) is 0 Å². The first-order valence-electron chi connectivity index (χ1n) is 3.16. The highest BCUT2D eigenvalue weighted by Gasteiger charge is 2.18. The fourth-order valence-electron chi connectivity index (χ4n) is 0.383. The fraction of sp³-hybridized carbons (Fsp3) is 0.500. The lowest BCUT2D eigenvalue weighted by Crippen LogP contribution is -2.23. The third-order valence-electron chi connectivity index (χ3n) is 0.769. The zero-order valence-corrected chi connectivity index (χ0v) is 6.97. The molecule has 0 radical (unpaired) electrons. The molecule has 0 fully saturated rings. The van der Waals surface area contributed by atoms with Gasteiger partial charge >= 0.3 is 5.97 Å². The lowest BCUT2D eigenvalue weighted by atomic mass is 10.2. The van der Waals surface area contributed by atoms with E-state index in [9.17, 15) is 4.79 Å². The predicted molar refractivity (Wildman–Crippen MR) is 41.6 cm³/mol. The maximum atomic E-state index is 10.9. The number of carbonyl (C=O) groups excluding carboxylic acids is 1. The summed E-state index contributed by atoms with van der Waals surface area (Å²) in [6.45, 7) is 14.9. The van der Waals surface area contributed by atoms with E-state index in [0.29, 0.717) is 0 Å². The topological polar surface area (TPSA) is 30.7 Å². The number of rotatable bonds is 1. The molecular formula is C8H11NO2. The van der Waals surface area contributed by atoms with E-state index in [1.165, 1.54) is 0 Å². The Morgan fingerprint density at radius 2 is 2.00 bits per heavy atom. The second-order valence-electron chi connectivity index (χ2n) is 3.06. The highest BCUT2D eigenvalue weighted by molar-refractivity contribution is 5.89. The van der Waals surface area contributed by atoms with Gasteiger partial charge in [0.2, 0.25) is 0 Å². The summed E-state index contributed by atoms with van der Waals surface area (Å²) >= 11 is 0. The molecule has 11 heavy (non-hydrogen) atoms. The van der Waals surface area contributed by atoms with Gasteiger partial charge in [0.25, 0.3) is 5.70 Å². The van der Waals surface area contributed by atoms with Crippen molar-refractivity contribution in [2.45, 2.75) is 26.4 Å². The number of esters is 1. The van der Waals surface area contributed by atoms with Crippen molar-refractivity contribution >= 4 is 5.97 Å². The largest absolute Gasteiger partial charge is 0.465 e. The predicted octanol–water partition coefficient (Wildman–Crippen LogP) is 1.76. The zero-order chi connectivity index (χ0) is 9.07. The molecule has 0 bridgehead atoms. The second-order valence-corrected chi connectivity index (χ2v) is 3.06. The molecule has 0 heterocycles. The van der Waals surface area contributed by atoms with E-state index in [1.807, 2.05) is 0 Å². The molecule has 0 N–H and O–H groups in total. The minimum absolute atomic E-state index is 0.181. The molecule has 0 unspecified atom stereocenters. The Morgan fingerprint density at radius 3 is 2.27 bits per heavy atom. The maximum absolute atomic E-state index is 10.9. The van der Waals surface area contributed by atoms with Crippen LogP contribution in [0.5, 0.6) is 0 Å². The molecule has 0 saturated carbocycles. The van der Waals surface area contributed by atoms with Crippen molar-refractivity contribution in [1.29, 1.82) is 0 Å². The summed E-state index contributed by atoms with van der Waals surface area (Å²) in [5.74, 6) is -0.646. The zero-order valence-electron chi connectivity index (χ0n) is 6.97. The van der Waals surface area contributed by atoms with E-state index >= 15 is 0 Å².